The summed E-state index contributed by atoms with van der Waals surface area (Å²) in [6, 6.07) is 14.7. The Bertz CT molecular complexity index is 794. The average Bonchev–Trinajstić information content (AvgIpc) is 2.74. The first-order chi connectivity index (χ1) is 14.0. The van der Waals surface area contributed by atoms with Crippen LogP contribution in [0.3, 0.4) is 0 Å². The van der Waals surface area contributed by atoms with Gasteiger partial charge in [-0.15, -0.1) is 0 Å². The Morgan fingerprint density at radius 1 is 1.21 bits per heavy atom. The molecule has 1 aliphatic heterocycles. The Morgan fingerprint density at radius 2 is 1.97 bits per heavy atom. The van der Waals surface area contributed by atoms with Gasteiger partial charge < -0.3 is 14.5 Å². The van der Waals surface area contributed by atoms with Gasteiger partial charge in [0, 0.05) is 26.7 Å². The minimum Gasteiger partial charge on any atom is -0.497 e. The van der Waals surface area contributed by atoms with Crippen LogP contribution >= 0.6 is 0 Å². The zero-order valence-electron chi connectivity index (χ0n) is 17.4. The van der Waals surface area contributed by atoms with Gasteiger partial charge in [-0.2, -0.15) is 0 Å². The highest BCUT2D eigenvalue weighted by molar-refractivity contribution is 5.78. The van der Waals surface area contributed by atoms with Crippen molar-refractivity contribution in [1.29, 1.82) is 0 Å². The molecule has 0 bridgehead atoms. The van der Waals surface area contributed by atoms with Crippen LogP contribution in [0.15, 0.2) is 48.5 Å². The molecule has 0 unspecified atom stereocenters. The highest BCUT2D eigenvalue weighted by atomic mass is 19.1. The zero-order chi connectivity index (χ0) is 20.6. The number of amides is 1. The number of likely N-dealkylation sites (tertiary alicyclic amines) is 1. The van der Waals surface area contributed by atoms with E-state index in [1.165, 1.54) is 6.07 Å². The monoisotopic (exact) mass is 398 g/mol. The summed E-state index contributed by atoms with van der Waals surface area (Å²) >= 11 is 0. The minimum absolute atomic E-state index is 0.120. The molecule has 2 aromatic rings. The van der Waals surface area contributed by atoms with E-state index in [4.69, 9.17) is 4.74 Å². The summed E-state index contributed by atoms with van der Waals surface area (Å²) < 4.78 is 19.0. The lowest BCUT2D eigenvalue weighted by atomic mass is 9.96. The molecular weight excluding hydrogens is 367 g/mol. The van der Waals surface area contributed by atoms with Crippen LogP contribution in [0.4, 0.5) is 4.39 Å². The van der Waals surface area contributed by atoms with Crippen LogP contribution in [-0.2, 0) is 17.6 Å². The highest BCUT2D eigenvalue weighted by Crippen LogP contribution is 2.19. The molecule has 0 aliphatic carbocycles. The molecule has 1 heterocycles. The Balaban J connectivity index is 1.46. The molecule has 0 spiro atoms. The second-order valence-corrected chi connectivity index (χ2v) is 7.95. The first kappa shape index (κ1) is 21.3. The summed E-state index contributed by atoms with van der Waals surface area (Å²) in [4.78, 5) is 16.9. The molecule has 156 valence electrons. The summed E-state index contributed by atoms with van der Waals surface area (Å²) in [6.45, 7) is 3.65. The summed E-state index contributed by atoms with van der Waals surface area (Å²) in [5.74, 6) is 1.28. The summed E-state index contributed by atoms with van der Waals surface area (Å²) in [7, 11) is 3.53. The van der Waals surface area contributed by atoms with Gasteiger partial charge in [0.05, 0.1) is 13.5 Å². The van der Waals surface area contributed by atoms with Gasteiger partial charge in [0.1, 0.15) is 11.6 Å². The van der Waals surface area contributed by atoms with Crippen LogP contribution in [-0.4, -0.2) is 56.0 Å². The number of piperidine rings is 1. The number of nitrogens with zero attached hydrogens (tertiary/aromatic N) is 2. The van der Waals surface area contributed by atoms with E-state index in [1.54, 1.807) is 13.2 Å². The third-order valence-electron chi connectivity index (χ3n) is 5.73. The topological polar surface area (TPSA) is 32.8 Å². The predicted molar refractivity (Wildman–Crippen MR) is 114 cm³/mol. The average molecular weight is 399 g/mol. The van der Waals surface area contributed by atoms with Crippen LogP contribution in [0, 0.1) is 11.7 Å². The predicted octanol–water partition coefficient (Wildman–Crippen LogP) is 3.79. The Morgan fingerprint density at radius 3 is 2.69 bits per heavy atom. The van der Waals surface area contributed by atoms with Crippen LogP contribution in [0.2, 0.25) is 0 Å². The lowest BCUT2D eigenvalue weighted by molar-refractivity contribution is -0.130. The zero-order valence-corrected chi connectivity index (χ0v) is 17.4. The van der Waals surface area contributed by atoms with Crippen molar-refractivity contribution in [2.75, 3.05) is 40.3 Å². The van der Waals surface area contributed by atoms with Gasteiger partial charge in [-0.25, -0.2) is 4.39 Å². The van der Waals surface area contributed by atoms with E-state index in [0.29, 0.717) is 12.3 Å². The Labute approximate surface area is 173 Å². The molecular formula is C24H31FN2O2. The van der Waals surface area contributed by atoms with Crippen LogP contribution in [0.1, 0.15) is 24.0 Å². The number of methoxy groups -OCH3 is 1. The van der Waals surface area contributed by atoms with E-state index in [2.05, 4.69) is 4.90 Å². The number of ether oxygens (including phenoxy) is 1. The number of carbonyl (C=O) groups excluding carboxylic acids is 1. The van der Waals surface area contributed by atoms with Crippen molar-refractivity contribution in [3.63, 3.8) is 0 Å². The molecule has 1 saturated heterocycles. The van der Waals surface area contributed by atoms with Crippen molar-refractivity contribution in [3.05, 3.63) is 65.5 Å². The van der Waals surface area contributed by atoms with Crippen LogP contribution in [0.25, 0.3) is 0 Å². The number of likely N-dealkylation sites (N-methyl/N-ethyl adjacent to an activating group) is 1. The van der Waals surface area contributed by atoms with Gasteiger partial charge in [0.15, 0.2) is 0 Å². The third kappa shape index (κ3) is 6.29. The number of benzene rings is 2. The van der Waals surface area contributed by atoms with Crippen molar-refractivity contribution >= 4 is 5.91 Å². The van der Waals surface area contributed by atoms with Crippen molar-refractivity contribution in [1.82, 2.24) is 9.80 Å². The van der Waals surface area contributed by atoms with E-state index in [0.717, 1.165) is 62.3 Å². The van der Waals surface area contributed by atoms with E-state index in [-0.39, 0.29) is 11.7 Å². The molecule has 0 radical (unpaired) electrons. The van der Waals surface area contributed by atoms with Crippen molar-refractivity contribution < 1.29 is 13.9 Å². The molecule has 0 aromatic heterocycles. The number of rotatable bonds is 8. The molecule has 0 N–H and O–H groups in total. The van der Waals surface area contributed by atoms with E-state index >= 15 is 0 Å². The number of carbonyl (C=O) groups is 1. The Kier molecular flexibility index (Phi) is 7.64. The van der Waals surface area contributed by atoms with Gasteiger partial charge in [-0.3, -0.25) is 4.79 Å². The molecule has 4 nitrogen and oxygen atoms in total. The molecule has 1 atom stereocenters. The lowest BCUT2D eigenvalue weighted by Gasteiger charge is -2.34. The van der Waals surface area contributed by atoms with Crippen LogP contribution < -0.4 is 4.74 Å². The van der Waals surface area contributed by atoms with E-state index in [9.17, 15) is 9.18 Å². The lowest BCUT2D eigenvalue weighted by Crippen LogP contribution is -2.42. The van der Waals surface area contributed by atoms with Crippen molar-refractivity contribution in [2.45, 2.75) is 25.7 Å². The maximum atomic E-state index is 13.8. The first-order valence-electron chi connectivity index (χ1n) is 10.4. The molecule has 1 fully saturated rings. The Hall–Kier alpha value is -2.40. The van der Waals surface area contributed by atoms with E-state index in [1.807, 2.05) is 48.3 Å². The fourth-order valence-corrected chi connectivity index (χ4v) is 4.03. The maximum Gasteiger partial charge on any atom is 0.226 e. The van der Waals surface area contributed by atoms with E-state index < -0.39 is 0 Å². The van der Waals surface area contributed by atoms with Gasteiger partial charge in [0.2, 0.25) is 5.91 Å². The first-order valence-corrected chi connectivity index (χ1v) is 10.4. The molecule has 29 heavy (non-hydrogen) atoms. The second-order valence-electron chi connectivity index (χ2n) is 7.95. The summed E-state index contributed by atoms with van der Waals surface area (Å²) in [6.07, 6.45) is 3.40. The van der Waals surface area contributed by atoms with Gasteiger partial charge in [-0.05, 0) is 61.1 Å². The van der Waals surface area contributed by atoms with Crippen LogP contribution in [0.5, 0.6) is 5.75 Å². The van der Waals surface area contributed by atoms with Crippen molar-refractivity contribution in [3.8, 4) is 5.75 Å². The number of halogens is 1. The normalized spacial score (nSPS) is 17.1. The summed E-state index contributed by atoms with van der Waals surface area (Å²) in [5.41, 5.74) is 1.78. The number of hydrogen-bond acceptors (Lipinski definition) is 3. The van der Waals surface area contributed by atoms with Gasteiger partial charge in [0.25, 0.3) is 0 Å². The molecule has 2 aromatic carbocycles. The molecule has 1 amide bonds. The highest BCUT2D eigenvalue weighted by Gasteiger charge is 2.23. The minimum atomic E-state index is -0.120. The summed E-state index contributed by atoms with van der Waals surface area (Å²) in [5, 5.41) is 0. The maximum absolute atomic E-state index is 13.8. The fraction of sp³-hybridized carbons (Fsp3) is 0.458. The molecule has 3 rings (SSSR count). The largest absolute Gasteiger partial charge is 0.497 e. The molecule has 1 aliphatic rings. The van der Waals surface area contributed by atoms with Gasteiger partial charge in [-0.1, -0.05) is 30.3 Å². The fourth-order valence-electron chi connectivity index (χ4n) is 4.03. The number of hydrogen-bond donors (Lipinski definition) is 0. The standard InChI is InChI=1S/C24H31FN2O2/c1-26(24(28)16-19-9-11-22(29-2)12-10-19)17-20-6-5-14-27(18-20)15-13-21-7-3-4-8-23(21)25/h3-4,7-12,20H,5-6,13-18H2,1-2H3/t20-/m1/s1. The third-order valence-corrected chi connectivity index (χ3v) is 5.73. The quantitative estimate of drug-likeness (QED) is 0.678. The second kappa shape index (κ2) is 10.4. The SMILES string of the molecule is COc1ccc(CC(=O)N(C)C[C@H]2CCCN(CCc3ccccc3F)C2)cc1. The van der Waals surface area contributed by atoms with Gasteiger partial charge >= 0.3 is 0 Å². The molecule has 5 heteroatoms. The molecule has 0 saturated carbocycles. The smallest absolute Gasteiger partial charge is 0.226 e. The van der Waals surface area contributed by atoms with Crippen molar-refractivity contribution in [2.24, 2.45) is 5.92 Å².